The molecule has 0 spiro atoms. The van der Waals surface area contributed by atoms with Gasteiger partial charge in [-0.2, -0.15) is 5.10 Å². The van der Waals surface area contributed by atoms with Crippen LogP contribution >= 0.6 is 0 Å². The molecule has 0 aliphatic heterocycles. The minimum atomic E-state index is -0.0540. The number of hydrogen-bond donors (Lipinski definition) is 1. The Labute approximate surface area is 106 Å². The monoisotopic (exact) mass is 249 g/mol. The molecule has 0 saturated heterocycles. The first-order chi connectivity index (χ1) is 8.61. The predicted octanol–water partition coefficient (Wildman–Crippen LogP) is 0.909. The van der Waals surface area contributed by atoms with Gasteiger partial charge >= 0.3 is 0 Å². The zero-order valence-corrected chi connectivity index (χ0v) is 11.0. The van der Waals surface area contributed by atoms with Crippen LogP contribution in [0.3, 0.4) is 0 Å². The lowest BCUT2D eigenvalue weighted by Crippen LogP contribution is -2.12. The van der Waals surface area contributed by atoms with Crippen LogP contribution in [0.2, 0.25) is 0 Å². The summed E-state index contributed by atoms with van der Waals surface area (Å²) in [7, 11) is 0. The van der Waals surface area contributed by atoms with Crippen LogP contribution in [0.25, 0.3) is 0 Å². The molecule has 2 aromatic heterocycles. The van der Waals surface area contributed by atoms with Crippen molar-refractivity contribution in [3.63, 3.8) is 0 Å². The van der Waals surface area contributed by atoms with Crippen molar-refractivity contribution >= 4 is 0 Å². The average Bonchev–Trinajstić information content (AvgIpc) is 2.97. The molecule has 2 aromatic rings. The van der Waals surface area contributed by atoms with Crippen molar-refractivity contribution in [3.05, 3.63) is 24.0 Å². The molecule has 18 heavy (non-hydrogen) atoms. The summed E-state index contributed by atoms with van der Waals surface area (Å²) >= 11 is 0. The second-order valence-corrected chi connectivity index (χ2v) is 4.57. The standard InChI is InChI=1S/C11H19N7/c1-4-9(12)10-5-17(16-15-10)6-11-13-7-14-18(11)8(2)3/h5,7-9H,4,6,12H2,1-3H3. The molecule has 2 N–H and O–H groups in total. The topological polar surface area (TPSA) is 87.4 Å². The summed E-state index contributed by atoms with van der Waals surface area (Å²) in [4.78, 5) is 4.24. The molecule has 7 heteroatoms. The second-order valence-electron chi connectivity index (χ2n) is 4.57. The van der Waals surface area contributed by atoms with E-state index in [1.165, 1.54) is 0 Å². The van der Waals surface area contributed by atoms with Crippen molar-refractivity contribution in [2.75, 3.05) is 0 Å². The third-order valence-electron chi connectivity index (χ3n) is 2.82. The molecule has 0 fully saturated rings. The maximum Gasteiger partial charge on any atom is 0.148 e. The molecule has 0 aliphatic rings. The van der Waals surface area contributed by atoms with Crippen LogP contribution in [0.1, 0.15) is 50.8 Å². The Kier molecular flexibility index (Phi) is 3.71. The highest BCUT2D eigenvalue weighted by Gasteiger charge is 2.12. The molecule has 0 aromatic carbocycles. The van der Waals surface area contributed by atoms with E-state index in [9.17, 15) is 0 Å². The van der Waals surface area contributed by atoms with Crippen molar-refractivity contribution in [1.29, 1.82) is 0 Å². The molecule has 1 atom stereocenters. The molecule has 0 saturated carbocycles. The Morgan fingerprint density at radius 1 is 1.39 bits per heavy atom. The number of hydrogen-bond acceptors (Lipinski definition) is 5. The number of nitrogens with two attached hydrogens (primary N) is 1. The van der Waals surface area contributed by atoms with E-state index in [1.54, 1.807) is 11.0 Å². The van der Waals surface area contributed by atoms with Gasteiger partial charge < -0.3 is 5.73 Å². The van der Waals surface area contributed by atoms with Crippen molar-refractivity contribution in [1.82, 2.24) is 29.8 Å². The smallest absolute Gasteiger partial charge is 0.148 e. The minimum Gasteiger partial charge on any atom is -0.323 e. The normalized spacial score (nSPS) is 13.2. The molecular weight excluding hydrogens is 230 g/mol. The Balaban J connectivity index is 2.14. The van der Waals surface area contributed by atoms with Gasteiger partial charge in [-0.05, 0) is 20.3 Å². The van der Waals surface area contributed by atoms with Crippen molar-refractivity contribution in [2.45, 2.75) is 45.8 Å². The van der Waals surface area contributed by atoms with E-state index in [0.717, 1.165) is 17.9 Å². The zero-order chi connectivity index (χ0) is 13.1. The Bertz CT molecular complexity index is 499. The van der Waals surface area contributed by atoms with Crippen LogP contribution in [0.15, 0.2) is 12.5 Å². The first kappa shape index (κ1) is 12.7. The highest BCUT2D eigenvalue weighted by Crippen LogP contribution is 2.11. The van der Waals surface area contributed by atoms with Crippen LogP contribution in [-0.4, -0.2) is 29.8 Å². The fourth-order valence-corrected chi connectivity index (χ4v) is 1.73. The van der Waals surface area contributed by atoms with Crippen LogP contribution in [0, 0.1) is 0 Å². The maximum atomic E-state index is 5.91. The third kappa shape index (κ3) is 2.56. The summed E-state index contributed by atoms with van der Waals surface area (Å²) in [6.45, 7) is 6.72. The summed E-state index contributed by atoms with van der Waals surface area (Å²) in [5.41, 5.74) is 6.72. The average molecular weight is 249 g/mol. The van der Waals surface area contributed by atoms with E-state index < -0.39 is 0 Å². The van der Waals surface area contributed by atoms with Crippen LogP contribution in [0.4, 0.5) is 0 Å². The second kappa shape index (κ2) is 5.26. The van der Waals surface area contributed by atoms with Gasteiger partial charge in [-0.15, -0.1) is 5.10 Å². The molecule has 2 rings (SSSR count). The fourth-order valence-electron chi connectivity index (χ4n) is 1.73. The lowest BCUT2D eigenvalue weighted by atomic mass is 10.2. The maximum absolute atomic E-state index is 5.91. The van der Waals surface area contributed by atoms with Gasteiger partial charge in [0.1, 0.15) is 18.7 Å². The van der Waals surface area contributed by atoms with Crippen molar-refractivity contribution in [2.24, 2.45) is 5.73 Å². The largest absolute Gasteiger partial charge is 0.323 e. The minimum absolute atomic E-state index is 0.0540. The van der Waals surface area contributed by atoms with Gasteiger partial charge in [0.25, 0.3) is 0 Å². The molecule has 7 nitrogen and oxygen atoms in total. The van der Waals surface area contributed by atoms with Gasteiger partial charge in [0.05, 0.1) is 17.9 Å². The number of rotatable bonds is 5. The molecule has 0 radical (unpaired) electrons. The van der Waals surface area contributed by atoms with E-state index >= 15 is 0 Å². The van der Waals surface area contributed by atoms with E-state index in [0.29, 0.717) is 6.54 Å². The fraction of sp³-hybridized carbons (Fsp3) is 0.636. The molecule has 1 unspecified atom stereocenters. The first-order valence-electron chi connectivity index (χ1n) is 6.15. The van der Waals surface area contributed by atoms with E-state index in [2.05, 4.69) is 34.2 Å². The third-order valence-corrected chi connectivity index (χ3v) is 2.82. The quantitative estimate of drug-likeness (QED) is 0.851. The Hall–Kier alpha value is -1.76. The summed E-state index contributed by atoms with van der Waals surface area (Å²) < 4.78 is 3.62. The lowest BCUT2D eigenvalue weighted by Gasteiger charge is -2.08. The van der Waals surface area contributed by atoms with E-state index in [1.807, 2.05) is 17.8 Å². The van der Waals surface area contributed by atoms with Gasteiger partial charge in [-0.25, -0.2) is 14.3 Å². The molecule has 98 valence electrons. The molecular formula is C11H19N7. The van der Waals surface area contributed by atoms with Gasteiger partial charge in [0, 0.05) is 6.04 Å². The lowest BCUT2D eigenvalue weighted by molar-refractivity contribution is 0.485. The predicted molar refractivity (Wildman–Crippen MR) is 66.8 cm³/mol. The van der Waals surface area contributed by atoms with Gasteiger partial charge in [-0.3, -0.25) is 0 Å². The van der Waals surface area contributed by atoms with Gasteiger partial charge in [0.15, 0.2) is 0 Å². The first-order valence-corrected chi connectivity index (χ1v) is 6.15. The molecule has 0 aliphatic carbocycles. The summed E-state index contributed by atoms with van der Waals surface area (Å²) in [5.74, 6) is 0.867. The van der Waals surface area contributed by atoms with E-state index in [-0.39, 0.29) is 12.1 Å². The number of aromatic nitrogens is 6. The Morgan fingerprint density at radius 3 is 2.83 bits per heavy atom. The molecule has 0 amide bonds. The van der Waals surface area contributed by atoms with E-state index in [4.69, 9.17) is 5.73 Å². The summed E-state index contributed by atoms with van der Waals surface area (Å²) in [6, 6.07) is 0.227. The summed E-state index contributed by atoms with van der Waals surface area (Å²) in [5, 5.41) is 12.3. The van der Waals surface area contributed by atoms with Crippen molar-refractivity contribution < 1.29 is 0 Å². The number of nitrogens with zero attached hydrogens (tertiary/aromatic N) is 6. The van der Waals surface area contributed by atoms with Crippen LogP contribution in [0.5, 0.6) is 0 Å². The Morgan fingerprint density at radius 2 is 2.17 bits per heavy atom. The SMILES string of the molecule is CCC(N)c1cn(Cc2ncnn2C(C)C)nn1. The molecule has 2 heterocycles. The zero-order valence-electron chi connectivity index (χ0n) is 11.0. The summed E-state index contributed by atoms with van der Waals surface area (Å²) in [6.07, 6.45) is 4.28. The van der Waals surface area contributed by atoms with Crippen molar-refractivity contribution in [3.8, 4) is 0 Å². The van der Waals surface area contributed by atoms with Crippen LogP contribution < -0.4 is 5.73 Å². The highest BCUT2D eigenvalue weighted by molar-refractivity contribution is 5.00. The highest BCUT2D eigenvalue weighted by atomic mass is 15.4. The van der Waals surface area contributed by atoms with Gasteiger partial charge in [0.2, 0.25) is 0 Å². The van der Waals surface area contributed by atoms with Gasteiger partial charge in [-0.1, -0.05) is 12.1 Å². The molecule has 0 bridgehead atoms. The van der Waals surface area contributed by atoms with Crippen LogP contribution in [-0.2, 0) is 6.54 Å².